The Kier molecular flexibility index (Phi) is 5.10. The number of rotatable bonds is 1. The molecular formula is C35H33BrS. The van der Waals surface area contributed by atoms with Gasteiger partial charge in [-0.05, 0) is 100 Å². The molecule has 4 aliphatic carbocycles. The molecule has 2 fully saturated rings. The fourth-order valence-corrected chi connectivity index (χ4v) is 11.2. The van der Waals surface area contributed by atoms with Gasteiger partial charge in [-0.25, -0.2) is 0 Å². The smallest absolute Gasteiger partial charge is 0.0392 e. The topological polar surface area (TPSA) is 0 Å². The lowest BCUT2D eigenvalue weighted by Crippen LogP contribution is -2.49. The Bertz CT molecular complexity index is 1490. The molecule has 1 spiro atoms. The summed E-state index contributed by atoms with van der Waals surface area (Å²) in [6.07, 6.45) is 12.5. The van der Waals surface area contributed by atoms with Crippen molar-refractivity contribution in [2.75, 3.05) is 0 Å². The molecule has 0 saturated heterocycles. The lowest BCUT2D eigenvalue weighted by Gasteiger charge is -2.54. The molecule has 1 heterocycles. The highest BCUT2D eigenvalue weighted by Crippen LogP contribution is 2.64. The zero-order valence-electron chi connectivity index (χ0n) is 21.6. The van der Waals surface area contributed by atoms with Gasteiger partial charge in [-0.15, -0.1) is 11.8 Å². The van der Waals surface area contributed by atoms with Crippen molar-refractivity contribution in [1.29, 1.82) is 0 Å². The summed E-state index contributed by atoms with van der Waals surface area (Å²) in [6, 6.07) is 24.1. The molecule has 0 radical (unpaired) electrons. The molecule has 186 valence electrons. The van der Waals surface area contributed by atoms with Crippen molar-refractivity contribution in [1.82, 2.24) is 0 Å². The molecule has 5 aliphatic rings. The summed E-state index contributed by atoms with van der Waals surface area (Å²) in [6.45, 7) is 5.06. The minimum atomic E-state index is 0.186. The molecule has 0 amide bonds. The van der Waals surface area contributed by atoms with Crippen molar-refractivity contribution >= 4 is 27.7 Å². The maximum Gasteiger partial charge on any atom is 0.0392 e. The van der Waals surface area contributed by atoms with Gasteiger partial charge in [0.25, 0.3) is 0 Å². The van der Waals surface area contributed by atoms with E-state index in [-0.39, 0.29) is 5.41 Å². The van der Waals surface area contributed by atoms with Crippen LogP contribution in [0.3, 0.4) is 0 Å². The van der Waals surface area contributed by atoms with Crippen LogP contribution in [0.5, 0.6) is 0 Å². The van der Waals surface area contributed by atoms with Crippen LogP contribution < -0.4 is 0 Å². The van der Waals surface area contributed by atoms with E-state index in [9.17, 15) is 0 Å². The Morgan fingerprint density at radius 3 is 2.57 bits per heavy atom. The predicted octanol–water partition coefficient (Wildman–Crippen LogP) is 10.1. The van der Waals surface area contributed by atoms with E-state index in [1.807, 2.05) is 11.8 Å². The van der Waals surface area contributed by atoms with E-state index in [4.69, 9.17) is 0 Å². The van der Waals surface area contributed by atoms with E-state index in [1.165, 1.54) is 62.9 Å². The van der Waals surface area contributed by atoms with Gasteiger partial charge in [-0.2, -0.15) is 0 Å². The van der Waals surface area contributed by atoms with Crippen molar-refractivity contribution in [2.24, 2.45) is 23.7 Å². The first-order chi connectivity index (χ1) is 18.0. The first-order valence-electron chi connectivity index (χ1n) is 14.1. The van der Waals surface area contributed by atoms with Crippen LogP contribution in [0.4, 0.5) is 0 Å². The standard InChI is InChI=1S/C35H33BrS/c1-20-13-22-15-21(2)35(25(14-20)16-22)31-6-4-3-5-27(31)30-17-23(8-12-32(30)35)24-7-10-28-29-11-9-26(36)19-34(29)37-33(28)18-24/h3-12,17-22,25,29,34H,13-16H2,1-2H3. The number of hydrogen-bond acceptors (Lipinski definition) is 1. The molecule has 7 unspecified atom stereocenters. The molecule has 8 rings (SSSR count). The molecule has 3 aromatic carbocycles. The summed E-state index contributed by atoms with van der Waals surface area (Å²) in [4.78, 5) is 1.44. The molecule has 0 N–H and O–H groups in total. The van der Waals surface area contributed by atoms with E-state index in [0.29, 0.717) is 17.1 Å². The van der Waals surface area contributed by atoms with Crippen LogP contribution in [0.1, 0.15) is 62.1 Å². The zero-order chi connectivity index (χ0) is 24.9. The van der Waals surface area contributed by atoms with E-state index < -0.39 is 0 Å². The van der Waals surface area contributed by atoms with E-state index in [1.54, 1.807) is 11.1 Å². The molecule has 37 heavy (non-hydrogen) atoms. The lowest BCUT2D eigenvalue weighted by molar-refractivity contribution is 0.0426. The monoisotopic (exact) mass is 564 g/mol. The number of benzene rings is 3. The van der Waals surface area contributed by atoms with Crippen molar-refractivity contribution in [2.45, 2.75) is 61.0 Å². The number of fused-ring (bicyclic) bond motifs is 11. The number of halogens is 1. The third-order valence-corrected chi connectivity index (χ3v) is 12.2. The van der Waals surface area contributed by atoms with Crippen molar-refractivity contribution in [3.63, 3.8) is 0 Å². The number of thioether (sulfide) groups is 1. The van der Waals surface area contributed by atoms with Gasteiger partial charge >= 0.3 is 0 Å². The van der Waals surface area contributed by atoms with Gasteiger partial charge in [0.2, 0.25) is 0 Å². The average Bonchev–Trinajstić information content (AvgIpc) is 3.39. The quantitative estimate of drug-likeness (QED) is 0.283. The summed E-state index contributed by atoms with van der Waals surface area (Å²) < 4.78 is 1.20. The highest BCUT2D eigenvalue weighted by molar-refractivity contribution is 9.11. The minimum absolute atomic E-state index is 0.186. The largest absolute Gasteiger partial charge is 0.117 e. The summed E-state index contributed by atoms with van der Waals surface area (Å²) in [7, 11) is 0. The van der Waals surface area contributed by atoms with Gasteiger partial charge in [0.05, 0.1) is 0 Å². The van der Waals surface area contributed by atoms with E-state index in [0.717, 1.165) is 17.8 Å². The normalized spacial score (nSPS) is 34.5. The summed E-state index contributed by atoms with van der Waals surface area (Å²) in [5.74, 6) is 3.72. The zero-order valence-corrected chi connectivity index (χ0v) is 24.0. The first-order valence-corrected chi connectivity index (χ1v) is 15.8. The highest BCUT2D eigenvalue weighted by atomic mass is 79.9. The number of hydrogen-bond donors (Lipinski definition) is 0. The predicted molar refractivity (Wildman–Crippen MR) is 160 cm³/mol. The van der Waals surface area contributed by atoms with Crippen LogP contribution in [0.25, 0.3) is 22.3 Å². The molecule has 0 aromatic heterocycles. The Morgan fingerprint density at radius 2 is 1.65 bits per heavy atom. The summed E-state index contributed by atoms with van der Waals surface area (Å²) in [5.41, 5.74) is 10.6. The van der Waals surface area contributed by atoms with Crippen LogP contribution in [-0.4, -0.2) is 5.25 Å². The second-order valence-corrected chi connectivity index (χ2v) is 14.6. The molecule has 2 saturated carbocycles. The average molecular weight is 566 g/mol. The minimum Gasteiger partial charge on any atom is -0.117 e. The van der Waals surface area contributed by atoms with Gasteiger partial charge in [0, 0.05) is 26.0 Å². The highest BCUT2D eigenvalue weighted by Gasteiger charge is 2.56. The third-order valence-electron chi connectivity index (χ3n) is 10.4. The van der Waals surface area contributed by atoms with Crippen LogP contribution in [0, 0.1) is 23.7 Å². The molecule has 7 atom stereocenters. The van der Waals surface area contributed by atoms with Gasteiger partial charge in [0.15, 0.2) is 0 Å². The lowest BCUT2D eigenvalue weighted by atomic mass is 9.49. The maximum absolute atomic E-state index is 3.68. The summed E-state index contributed by atoms with van der Waals surface area (Å²) >= 11 is 5.69. The Morgan fingerprint density at radius 1 is 0.838 bits per heavy atom. The Labute approximate surface area is 233 Å². The van der Waals surface area contributed by atoms with Gasteiger partial charge in [-0.3, -0.25) is 0 Å². The SMILES string of the molecule is CC1CC2CC(C)C3(c4ccccc4-c4cc(-c5ccc6c(c5)SC5C=C(Br)C=CC65)ccc43)C(C1)C2. The molecule has 2 heteroatoms. The fourth-order valence-electron chi connectivity index (χ4n) is 9.15. The van der Waals surface area contributed by atoms with Gasteiger partial charge in [-0.1, -0.05) is 96.5 Å². The van der Waals surface area contributed by atoms with Crippen LogP contribution in [0.2, 0.25) is 0 Å². The Balaban J connectivity index is 1.24. The first kappa shape index (κ1) is 22.9. The van der Waals surface area contributed by atoms with Crippen LogP contribution in [0.15, 0.2) is 88.3 Å². The second kappa shape index (κ2) is 8.23. The molecule has 3 aromatic rings. The van der Waals surface area contributed by atoms with Crippen molar-refractivity contribution < 1.29 is 0 Å². The van der Waals surface area contributed by atoms with E-state index in [2.05, 4.69) is 109 Å². The Hall–Kier alpha value is -2.03. The molecular weight excluding hydrogens is 532 g/mol. The van der Waals surface area contributed by atoms with Crippen molar-refractivity contribution in [3.05, 3.63) is 100 Å². The third kappa shape index (κ3) is 3.21. The van der Waals surface area contributed by atoms with E-state index >= 15 is 0 Å². The molecule has 2 bridgehead atoms. The molecule has 1 aliphatic heterocycles. The number of allylic oxidation sites excluding steroid dienone is 3. The van der Waals surface area contributed by atoms with Crippen molar-refractivity contribution in [3.8, 4) is 22.3 Å². The molecule has 0 nitrogen and oxygen atoms in total. The second-order valence-electron chi connectivity index (χ2n) is 12.5. The van der Waals surface area contributed by atoms with Gasteiger partial charge < -0.3 is 0 Å². The summed E-state index contributed by atoms with van der Waals surface area (Å²) in [5, 5.41) is 0.505. The van der Waals surface area contributed by atoms with Crippen LogP contribution in [-0.2, 0) is 5.41 Å². The van der Waals surface area contributed by atoms with Crippen LogP contribution >= 0.6 is 27.7 Å². The maximum atomic E-state index is 3.68. The van der Waals surface area contributed by atoms with Gasteiger partial charge in [0.1, 0.15) is 0 Å². The fraction of sp³-hybridized carbons (Fsp3) is 0.371.